The van der Waals surface area contributed by atoms with E-state index in [-0.39, 0.29) is 5.91 Å². The number of carbonyl (C=O) groups excluding carboxylic acids is 1. The van der Waals surface area contributed by atoms with Crippen molar-refractivity contribution < 1.29 is 14.3 Å². The molecular formula is C26H32N4O3. The summed E-state index contributed by atoms with van der Waals surface area (Å²) >= 11 is 0. The Bertz CT molecular complexity index is 1120. The molecule has 33 heavy (non-hydrogen) atoms. The van der Waals surface area contributed by atoms with E-state index in [1.165, 1.54) is 0 Å². The minimum atomic E-state index is 0.0869. The lowest BCUT2D eigenvalue weighted by Crippen LogP contribution is -2.48. The van der Waals surface area contributed by atoms with E-state index in [1.54, 1.807) is 14.2 Å². The maximum atomic E-state index is 13.2. The molecule has 1 aliphatic rings. The molecule has 0 atom stereocenters. The van der Waals surface area contributed by atoms with E-state index >= 15 is 0 Å². The molecule has 1 aliphatic heterocycles. The predicted octanol–water partition coefficient (Wildman–Crippen LogP) is 3.52. The highest BCUT2D eigenvalue weighted by molar-refractivity contribution is 5.94. The monoisotopic (exact) mass is 448 g/mol. The summed E-state index contributed by atoms with van der Waals surface area (Å²) in [5.41, 5.74) is 5.03. The van der Waals surface area contributed by atoms with Crippen LogP contribution in [0.5, 0.6) is 11.5 Å². The van der Waals surface area contributed by atoms with Gasteiger partial charge in [-0.15, -0.1) is 0 Å². The van der Waals surface area contributed by atoms with Crippen molar-refractivity contribution in [3.63, 3.8) is 0 Å². The number of nitrogens with zero attached hydrogens (tertiary/aromatic N) is 4. The smallest absolute Gasteiger partial charge is 0.253 e. The Morgan fingerprint density at radius 2 is 1.73 bits per heavy atom. The molecule has 2 heterocycles. The van der Waals surface area contributed by atoms with Crippen LogP contribution in [-0.4, -0.2) is 65.9 Å². The topological polar surface area (TPSA) is 59.8 Å². The fourth-order valence-corrected chi connectivity index (χ4v) is 4.35. The second-order valence-corrected chi connectivity index (χ2v) is 8.53. The predicted molar refractivity (Wildman–Crippen MR) is 128 cm³/mol. The zero-order chi connectivity index (χ0) is 23.4. The van der Waals surface area contributed by atoms with Crippen molar-refractivity contribution in [3.05, 3.63) is 76.6 Å². The van der Waals surface area contributed by atoms with E-state index in [0.717, 1.165) is 59.2 Å². The Kier molecular flexibility index (Phi) is 6.99. The zero-order valence-corrected chi connectivity index (χ0v) is 19.9. The Morgan fingerprint density at radius 1 is 0.939 bits per heavy atom. The van der Waals surface area contributed by atoms with Gasteiger partial charge in [-0.1, -0.05) is 12.1 Å². The molecule has 1 amide bonds. The minimum Gasteiger partial charge on any atom is -0.497 e. The summed E-state index contributed by atoms with van der Waals surface area (Å²) in [5, 5.41) is 4.53. The summed E-state index contributed by atoms with van der Waals surface area (Å²) in [7, 11) is 3.35. The molecule has 2 aromatic carbocycles. The van der Waals surface area contributed by atoms with Crippen LogP contribution in [-0.2, 0) is 13.1 Å². The van der Waals surface area contributed by atoms with Gasteiger partial charge < -0.3 is 14.4 Å². The lowest BCUT2D eigenvalue weighted by molar-refractivity contribution is 0.0627. The Hall–Kier alpha value is -3.32. The molecule has 0 radical (unpaired) electrons. The van der Waals surface area contributed by atoms with E-state index in [4.69, 9.17) is 9.47 Å². The van der Waals surface area contributed by atoms with Crippen LogP contribution in [0.25, 0.3) is 0 Å². The van der Waals surface area contributed by atoms with Crippen LogP contribution < -0.4 is 9.47 Å². The van der Waals surface area contributed by atoms with Gasteiger partial charge in [0.2, 0.25) is 0 Å². The van der Waals surface area contributed by atoms with Gasteiger partial charge in [-0.3, -0.25) is 14.4 Å². The van der Waals surface area contributed by atoms with E-state index in [9.17, 15) is 4.79 Å². The first kappa shape index (κ1) is 22.9. The zero-order valence-electron chi connectivity index (χ0n) is 19.9. The van der Waals surface area contributed by atoms with Gasteiger partial charge in [-0.05, 0) is 55.8 Å². The van der Waals surface area contributed by atoms with Crippen LogP contribution in [0.2, 0.25) is 0 Å². The fourth-order valence-electron chi connectivity index (χ4n) is 4.35. The highest BCUT2D eigenvalue weighted by Crippen LogP contribution is 2.26. The molecule has 1 saturated heterocycles. The molecule has 0 N–H and O–H groups in total. The first-order chi connectivity index (χ1) is 16.0. The maximum absolute atomic E-state index is 13.2. The third-order valence-electron chi connectivity index (χ3n) is 6.15. The molecule has 0 unspecified atom stereocenters. The van der Waals surface area contributed by atoms with Gasteiger partial charge in [0.05, 0.1) is 26.5 Å². The molecule has 1 fully saturated rings. The maximum Gasteiger partial charge on any atom is 0.253 e. The number of aromatic nitrogens is 2. The molecule has 7 heteroatoms. The van der Waals surface area contributed by atoms with Gasteiger partial charge in [0.25, 0.3) is 5.91 Å². The largest absolute Gasteiger partial charge is 0.497 e. The molecule has 174 valence electrons. The fraction of sp³-hybridized carbons (Fsp3) is 0.385. The second kappa shape index (κ2) is 10.1. The minimum absolute atomic E-state index is 0.0869. The van der Waals surface area contributed by atoms with E-state index in [2.05, 4.69) is 23.0 Å². The molecule has 0 aliphatic carbocycles. The standard InChI is InChI=1S/C26H32N4O3/c1-19-14-20(2)30(27-19)17-21-6-5-7-22(15-21)26(31)29-12-10-28(11-13-29)18-23-16-24(32-3)8-9-25(23)33-4/h5-9,14-16H,10-13,17-18H2,1-4H3. The molecule has 4 rings (SSSR count). The van der Waals surface area contributed by atoms with E-state index < -0.39 is 0 Å². The van der Waals surface area contributed by atoms with Crippen molar-refractivity contribution >= 4 is 5.91 Å². The number of hydrogen-bond donors (Lipinski definition) is 0. The second-order valence-electron chi connectivity index (χ2n) is 8.53. The van der Waals surface area contributed by atoms with Crippen molar-refractivity contribution in [3.8, 4) is 11.5 Å². The van der Waals surface area contributed by atoms with Crippen molar-refractivity contribution in [2.24, 2.45) is 0 Å². The van der Waals surface area contributed by atoms with Crippen molar-refractivity contribution in [2.75, 3.05) is 40.4 Å². The van der Waals surface area contributed by atoms with Crippen LogP contribution in [0.15, 0.2) is 48.5 Å². The number of aryl methyl sites for hydroxylation is 2. The number of methoxy groups -OCH3 is 2. The van der Waals surface area contributed by atoms with E-state index in [1.807, 2.05) is 59.0 Å². The van der Waals surface area contributed by atoms with E-state index in [0.29, 0.717) is 19.6 Å². The Balaban J connectivity index is 1.37. The number of amides is 1. The van der Waals surface area contributed by atoms with Crippen LogP contribution in [0.4, 0.5) is 0 Å². The lowest BCUT2D eigenvalue weighted by Gasteiger charge is -2.35. The molecule has 1 aromatic heterocycles. The van der Waals surface area contributed by atoms with Gasteiger partial charge >= 0.3 is 0 Å². The van der Waals surface area contributed by atoms with Crippen LogP contribution in [0.3, 0.4) is 0 Å². The Morgan fingerprint density at radius 3 is 2.39 bits per heavy atom. The number of carbonyl (C=O) groups is 1. The summed E-state index contributed by atoms with van der Waals surface area (Å²) < 4.78 is 12.9. The third kappa shape index (κ3) is 5.37. The summed E-state index contributed by atoms with van der Waals surface area (Å²) in [6.07, 6.45) is 0. The number of benzene rings is 2. The number of ether oxygens (including phenoxy) is 2. The number of piperazine rings is 1. The average molecular weight is 449 g/mol. The van der Waals surface area contributed by atoms with Gasteiger partial charge in [-0.2, -0.15) is 5.10 Å². The molecule has 7 nitrogen and oxygen atoms in total. The van der Waals surface area contributed by atoms with Crippen LogP contribution in [0.1, 0.15) is 32.9 Å². The van der Waals surface area contributed by atoms with Crippen molar-refractivity contribution in [1.82, 2.24) is 19.6 Å². The van der Waals surface area contributed by atoms with Gasteiger partial charge in [0.1, 0.15) is 11.5 Å². The van der Waals surface area contributed by atoms with Gasteiger partial charge in [0.15, 0.2) is 0 Å². The average Bonchev–Trinajstić information content (AvgIpc) is 3.15. The quantitative estimate of drug-likeness (QED) is 0.554. The first-order valence-electron chi connectivity index (χ1n) is 11.3. The lowest BCUT2D eigenvalue weighted by atomic mass is 10.1. The highest BCUT2D eigenvalue weighted by Gasteiger charge is 2.23. The normalized spacial score (nSPS) is 14.4. The van der Waals surface area contributed by atoms with Crippen molar-refractivity contribution in [2.45, 2.75) is 26.9 Å². The molecular weight excluding hydrogens is 416 g/mol. The molecule has 0 saturated carbocycles. The summed E-state index contributed by atoms with van der Waals surface area (Å²) in [6.45, 7) is 8.51. The number of rotatable bonds is 7. The van der Waals surface area contributed by atoms with Crippen LogP contribution in [0, 0.1) is 13.8 Å². The highest BCUT2D eigenvalue weighted by atomic mass is 16.5. The first-order valence-corrected chi connectivity index (χ1v) is 11.3. The molecule has 0 spiro atoms. The van der Waals surface area contributed by atoms with Gasteiger partial charge in [0, 0.05) is 49.5 Å². The summed E-state index contributed by atoms with van der Waals surface area (Å²) in [5.74, 6) is 1.76. The molecule has 3 aromatic rings. The number of hydrogen-bond acceptors (Lipinski definition) is 5. The summed E-state index contributed by atoms with van der Waals surface area (Å²) in [4.78, 5) is 17.5. The van der Waals surface area contributed by atoms with Gasteiger partial charge in [-0.25, -0.2) is 0 Å². The van der Waals surface area contributed by atoms with Crippen LogP contribution >= 0.6 is 0 Å². The Labute approximate surface area is 195 Å². The molecule has 0 bridgehead atoms. The SMILES string of the molecule is COc1ccc(OC)c(CN2CCN(C(=O)c3cccc(Cn4nc(C)cc4C)c3)CC2)c1. The van der Waals surface area contributed by atoms with Crippen molar-refractivity contribution in [1.29, 1.82) is 0 Å². The third-order valence-corrected chi connectivity index (χ3v) is 6.15. The summed E-state index contributed by atoms with van der Waals surface area (Å²) in [6, 6.07) is 15.8.